The highest BCUT2D eigenvalue weighted by Crippen LogP contribution is 2.41. The van der Waals surface area contributed by atoms with E-state index in [1.807, 2.05) is 24.3 Å². The van der Waals surface area contributed by atoms with Crippen LogP contribution in [0.25, 0.3) is 16.9 Å². The van der Waals surface area contributed by atoms with Crippen molar-refractivity contribution in [3.05, 3.63) is 58.3 Å². The number of nitrogens with zero attached hydrogens (tertiary/aromatic N) is 3. The molecule has 27 heavy (non-hydrogen) atoms. The summed E-state index contributed by atoms with van der Waals surface area (Å²) < 4.78 is 1.78. The Balaban J connectivity index is 1.71. The molecular weight excluding hydrogens is 342 g/mol. The van der Waals surface area contributed by atoms with Crippen LogP contribution in [0.2, 0.25) is 0 Å². The van der Waals surface area contributed by atoms with Gasteiger partial charge in [0.25, 0.3) is 5.56 Å². The quantitative estimate of drug-likeness (QED) is 0.699. The molecule has 1 aromatic carbocycles. The van der Waals surface area contributed by atoms with E-state index in [4.69, 9.17) is 0 Å². The summed E-state index contributed by atoms with van der Waals surface area (Å²) in [4.78, 5) is 34.3. The van der Waals surface area contributed by atoms with E-state index in [1.165, 1.54) is 0 Å². The first-order valence-corrected chi connectivity index (χ1v) is 9.34. The lowest BCUT2D eigenvalue weighted by molar-refractivity contribution is -0.121. The zero-order valence-corrected chi connectivity index (χ0v) is 15.5. The molecule has 1 aliphatic rings. The minimum Gasteiger partial charge on any atom is -0.344 e. The van der Waals surface area contributed by atoms with Gasteiger partial charge < -0.3 is 15.2 Å². The molecule has 2 heterocycles. The third-order valence-corrected chi connectivity index (χ3v) is 5.27. The summed E-state index contributed by atoms with van der Waals surface area (Å²) in [5.41, 5.74) is 3.62. The number of carbonyl (C=O) groups is 1. The molecule has 0 aliphatic heterocycles. The number of benzene rings is 1. The molecular formula is C20H23N5O2. The van der Waals surface area contributed by atoms with Gasteiger partial charge in [-0.25, -0.2) is 4.98 Å². The van der Waals surface area contributed by atoms with Crippen molar-refractivity contribution in [1.29, 1.82) is 0 Å². The maximum Gasteiger partial charge on any atom is 0.292 e. The Bertz CT molecular complexity index is 1050. The Labute approximate surface area is 157 Å². The Morgan fingerprint density at radius 1 is 1.30 bits per heavy atom. The van der Waals surface area contributed by atoms with Crippen LogP contribution in [0.5, 0.6) is 0 Å². The van der Waals surface area contributed by atoms with Gasteiger partial charge in [0, 0.05) is 30.9 Å². The second-order valence-corrected chi connectivity index (χ2v) is 6.70. The molecule has 7 heteroatoms. The number of H-pyrrole nitrogens is 1. The average molecular weight is 365 g/mol. The number of fused-ring (bicyclic) bond motifs is 5. The first-order chi connectivity index (χ1) is 13.1. The van der Waals surface area contributed by atoms with Gasteiger partial charge in [-0.15, -0.1) is 0 Å². The van der Waals surface area contributed by atoms with Gasteiger partial charge in [-0.05, 0) is 18.7 Å². The lowest BCUT2D eigenvalue weighted by atomic mass is 10.1. The van der Waals surface area contributed by atoms with Crippen molar-refractivity contribution in [2.45, 2.75) is 26.3 Å². The number of aromatic nitrogens is 3. The Morgan fingerprint density at radius 3 is 2.85 bits per heavy atom. The van der Waals surface area contributed by atoms with Gasteiger partial charge in [-0.2, -0.15) is 0 Å². The number of aromatic amines is 1. The Kier molecular flexibility index (Phi) is 4.53. The average Bonchev–Trinajstić information content (AvgIpc) is 3.27. The maximum atomic E-state index is 12.7. The molecule has 0 radical (unpaired) electrons. The van der Waals surface area contributed by atoms with E-state index in [0.717, 1.165) is 42.1 Å². The van der Waals surface area contributed by atoms with Crippen LogP contribution >= 0.6 is 0 Å². The Hall–Kier alpha value is -2.93. The van der Waals surface area contributed by atoms with Crippen LogP contribution in [0.1, 0.15) is 37.6 Å². The second kappa shape index (κ2) is 7.00. The molecule has 0 fully saturated rings. The van der Waals surface area contributed by atoms with Crippen molar-refractivity contribution in [3.63, 3.8) is 0 Å². The smallest absolute Gasteiger partial charge is 0.292 e. The van der Waals surface area contributed by atoms with Crippen LogP contribution in [-0.2, 0) is 4.79 Å². The van der Waals surface area contributed by atoms with E-state index >= 15 is 0 Å². The molecule has 4 rings (SSSR count). The van der Waals surface area contributed by atoms with Crippen molar-refractivity contribution in [3.8, 4) is 11.3 Å². The van der Waals surface area contributed by atoms with Crippen LogP contribution in [-0.4, -0.2) is 44.8 Å². The number of hydrogen-bond donors (Lipinski definition) is 2. The van der Waals surface area contributed by atoms with Gasteiger partial charge in [-0.3, -0.25) is 14.0 Å². The van der Waals surface area contributed by atoms with Crippen LogP contribution in [0.15, 0.2) is 41.5 Å². The summed E-state index contributed by atoms with van der Waals surface area (Å²) >= 11 is 0. The van der Waals surface area contributed by atoms with Gasteiger partial charge in [0.15, 0.2) is 0 Å². The van der Waals surface area contributed by atoms with Gasteiger partial charge in [0.1, 0.15) is 0 Å². The first kappa shape index (κ1) is 17.5. The summed E-state index contributed by atoms with van der Waals surface area (Å²) in [6.07, 6.45) is 3.81. The molecule has 0 bridgehead atoms. The fourth-order valence-corrected chi connectivity index (χ4v) is 3.81. The van der Waals surface area contributed by atoms with Crippen molar-refractivity contribution < 1.29 is 4.79 Å². The maximum absolute atomic E-state index is 12.7. The highest BCUT2D eigenvalue weighted by molar-refractivity contribution is 5.81. The van der Waals surface area contributed by atoms with E-state index in [-0.39, 0.29) is 17.5 Å². The van der Waals surface area contributed by atoms with Crippen LogP contribution in [0, 0.1) is 0 Å². The molecule has 0 saturated heterocycles. The lowest BCUT2D eigenvalue weighted by Crippen LogP contribution is -2.33. The zero-order valence-electron chi connectivity index (χ0n) is 15.5. The van der Waals surface area contributed by atoms with Crippen molar-refractivity contribution >= 4 is 11.6 Å². The predicted octanol–water partition coefficient (Wildman–Crippen LogP) is 1.94. The van der Waals surface area contributed by atoms with Crippen LogP contribution in [0.3, 0.4) is 0 Å². The summed E-state index contributed by atoms with van der Waals surface area (Å²) in [6, 6.07) is 7.53. The number of rotatable bonds is 6. The zero-order chi connectivity index (χ0) is 19.0. The highest BCUT2D eigenvalue weighted by atomic mass is 16.1. The number of nitrogens with one attached hydrogen (secondary N) is 2. The molecule has 0 saturated carbocycles. The molecule has 7 nitrogen and oxygen atoms in total. The largest absolute Gasteiger partial charge is 0.344 e. The first-order valence-electron chi connectivity index (χ1n) is 9.34. The summed E-state index contributed by atoms with van der Waals surface area (Å²) in [7, 11) is 0. The van der Waals surface area contributed by atoms with E-state index in [0.29, 0.717) is 12.1 Å². The summed E-state index contributed by atoms with van der Waals surface area (Å²) in [6.45, 7) is 6.77. The van der Waals surface area contributed by atoms with Gasteiger partial charge in [0.05, 0.1) is 17.4 Å². The number of carbonyl (C=O) groups excluding carboxylic acids is 1. The molecule has 1 unspecified atom stereocenters. The third kappa shape index (κ3) is 2.94. The predicted molar refractivity (Wildman–Crippen MR) is 104 cm³/mol. The fraction of sp³-hybridized carbons (Fsp3) is 0.350. The van der Waals surface area contributed by atoms with Crippen molar-refractivity contribution in [1.82, 2.24) is 24.6 Å². The van der Waals surface area contributed by atoms with E-state index in [2.05, 4.69) is 34.0 Å². The number of amides is 1. The highest BCUT2D eigenvalue weighted by Gasteiger charge is 2.33. The molecule has 1 aliphatic carbocycles. The standard InChI is InChI=1S/C20H23N5O2/c1-3-24(4-2)11-9-15(26)22-16-13-7-5-6-8-14(13)17-18(16)25-12-10-21-19(25)20(27)23-17/h5-8,10,12,16H,3-4,9,11H2,1-2H3,(H,22,26)(H,23,27). The van der Waals surface area contributed by atoms with Gasteiger partial charge in [0.2, 0.25) is 11.6 Å². The Morgan fingerprint density at radius 2 is 2.07 bits per heavy atom. The van der Waals surface area contributed by atoms with Crippen LogP contribution in [0.4, 0.5) is 0 Å². The molecule has 2 aromatic heterocycles. The minimum atomic E-state index is -0.311. The molecule has 0 spiro atoms. The molecule has 2 N–H and O–H groups in total. The topological polar surface area (TPSA) is 82.5 Å². The lowest BCUT2D eigenvalue weighted by Gasteiger charge is -2.20. The minimum absolute atomic E-state index is 0.00554. The number of imidazole rings is 1. The third-order valence-electron chi connectivity index (χ3n) is 5.27. The monoisotopic (exact) mass is 365 g/mol. The van der Waals surface area contributed by atoms with Gasteiger partial charge >= 0.3 is 0 Å². The molecule has 140 valence electrons. The fourth-order valence-electron chi connectivity index (χ4n) is 3.81. The summed E-state index contributed by atoms with van der Waals surface area (Å²) in [5, 5.41) is 3.16. The van der Waals surface area contributed by atoms with Crippen LogP contribution < -0.4 is 10.9 Å². The van der Waals surface area contributed by atoms with Crippen molar-refractivity contribution in [2.24, 2.45) is 0 Å². The molecule has 1 amide bonds. The molecule has 3 aromatic rings. The number of hydrogen-bond acceptors (Lipinski definition) is 4. The normalized spacial score (nSPS) is 15.1. The van der Waals surface area contributed by atoms with Crippen molar-refractivity contribution in [2.75, 3.05) is 19.6 Å². The van der Waals surface area contributed by atoms with E-state index in [1.54, 1.807) is 16.8 Å². The molecule has 1 atom stereocenters. The van der Waals surface area contributed by atoms with E-state index < -0.39 is 0 Å². The second-order valence-electron chi connectivity index (χ2n) is 6.70. The van der Waals surface area contributed by atoms with Gasteiger partial charge in [-0.1, -0.05) is 38.1 Å². The summed E-state index contributed by atoms with van der Waals surface area (Å²) in [5.74, 6) is -0.00554. The van der Waals surface area contributed by atoms with E-state index in [9.17, 15) is 9.59 Å². The SMILES string of the molecule is CCN(CC)CCC(=O)NC1c2ccccc2-c2[nH]c(=O)c3nccn3c21.